The summed E-state index contributed by atoms with van der Waals surface area (Å²) in [6, 6.07) is 19.8. The van der Waals surface area contributed by atoms with Gasteiger partial charge in [-0.1, -0.05) is 57.2 Å². The Morgan fingerprint density at radius 1 is 0.933 bits per heavy atom. The second kappa shape index (κ2) is 8.32. The fourth-order valence-corrected chi connectivity index (χ4v) is 4.39. The number of benzene rings is 3. The van der Waals surface area contributed by atoms with Crippen molar-refractivity contribution in [2.24, 2.45) is 0 Å². The van der Waals surface area contributed by atoms with Gasteiger partial charge in [-0.15, -0.1) is 0 Å². The minimum Gasteiger partial charge on any atom is -0.506 e. The summed E-state index contributed by atoms with van der Waals surface area (Å²) in [7, 11) is -3.52. The van der Waals surface area contributed by atoms with Crippen LogP contribution < -0.4 is 5.32 Å². The van der Waals surface area contributed by atoms with E-state index in [9.17, 15) is 18.3 Å². The first-order valence-corrected chi connectivity index (χ1v) is 11.2. The van der Waals surface area contributed by atoms with Gasteiger partial charge in [0.15, 0.2) is 9.84 Å². The van der Waals surface area contributed by atoms with Crippen LogP contribution in [0.3, 0.4) is 0 Å². The molecule has 5 nitrogen and oxygen atoms in total. The summed E-state index contributed by atoms with van der Waals surface area (Å²) in [5.74, 6) is -0.655. The van der Waals surface area contributed by atoms with E-state index in [0.29, 0.717) is 16.8 Å². The summed E-state index contributed by atoms with van der Waals surface area (Å²) in [5.41, 5.74) is 1.97. The Balaban J connectivity index is 1.82. The topological polar surface area (TPSA) is 83.5 Å². The van der Waals surface area contributed by atoms with Crippen LogP contribution in [0.5, 0.6) is 5.75 Å². The lowest BCUT2D eigenvalue weighted by molar-refractivity contribution is 0.102. The number of sulfone groups is 1. The number of hydrogen-bond donors (Lipinski definition) is 2. The number of phenols is 1. The first-order valence-electron chi connectivity index (χ1n) is 9.58. The Morgan fingerprint density at radius 3 is 2.30 bits per heavy atom. The van der Waals surface area contributed by atoms with Crippen molar-refractivity contribution in [2.75, 3.05) is 5.32 Å². The highest BCUT2D eigenvalue weighted by Crippen LogP contribution is 2.31. The second-order valence-corrected chi connectivity index (χ2v) is 10.2. The van der Waals surface area contributed by atoms with Crippen LogP contribution in [0.15, 0.2) is 77.7 Å². The Labute approximate surface area is 177 Å². The van der Waals surface area contributed by atoms with Gasteiger partial charge in [-0.05, 0) is 52.9 Å². The quantitative estimate of drug-likeness (QED) is 0.571. The van der Waals surface area contributed by atoms with Gasteiger partial charge in [0.2, 0.25) is 0 Å². The molecule has 3 aromatic carbocycles. The van der Waals surface area contributed by atoms with Gasteiger partial charge in [-0.25, -0.2) is 8.42 Å². The molecule has 0 unspecified atom stereocenters. The SMILES string of the molecule is CC(C)(C)c1ccc(O)c(NC(=O)c2cccc(CS(=O)(=O)c3ccccc3)c2)c1. The van der Waals surface area contributed by atoms with Gasteiger partial charge in [-0.3, -0.25) is 4.79 Å². The van der Waals surface area contributed by atoms with Crippen molar-refractivity contribution in [1.29, 1.82) is 0 Å². The third kappa shape index (κ3) is 5.07. The minimum absolute atomic E-state index is 0.0286. The summed E-state index contributed by atoms with van der Waals surface area (Å²) in [6.07, 6.45) is 0. The van der Waals surface area contributed by atoms with Crippen LogP contribution in [0.4, 0.5) is 5.69 Å². The maximum atomic E-state index is 12.7. The van der Waals surface area contributed by atoms with Crippen LogP contribution in [0.1, 0.15) is 42.3 Å². The molecule has 6 heteroatoms. The second-order valence-electron chi connectivity index (χ2n) is 8.21. The lowest BCUT2D eigenvalue weighted by Crippen LogP contribution is -2.15. The average molecular weight is 424 g/mol. The predicted octanol–water partition coefficient (Wildman–Crippen LogP) is 4.92. The monoisotopic (exact) mass is 423 g/mol. The van der Waals surface area contributed by atoms with E-state index in [1.54, 1.807) is 66.7 Å². The molecule has 0 aromatic heterocycles. The Hall–Kier alpha value is -3.12. The highest BCUT2D eigenvalue weighted by Gasteiger charge is 2.18. The van der Waals surface area contributed by atoms with E-state index < -0.39 is 15.7 Å². The third-order valence-corrected chi connectivity index (χ3v) is 6.46. The zero-order valence-electron chi connectivity index (χ0n) is 17.2. The molecule has 0 saturated heterocycles. The molecule has 0 aliphatic heterocycles. The maximum Gasteiger partial charge on any atom is 0.255 e. The van der Waals surface area contributed by atoms with Gasteiger partial charge in [0, 0.05) is 5.56 Å². The van der Waals surface area contributed by atoms with Gasteiger partial charge >= 0.3 is 0 Å². The number of nitrogens with one attached hydrogen (secondary N) is 1. The van der Waals surface area contributed by atoms with E-state index in [1.165, 1.54) is 0 Å². The number of phenolic OH excluding ortho intramolecular Hbond substituents is 1. The molecule has 2 N–H and O–H groups in total. The molecule has 0 radical (unpaired) electrons. The average Bonchev–Trinajstić information content (AvgIpc) is 2.69. The van der Waals surface area contributed by atoms with E-state index in [2.05, 4.69) is 5.32 Å². The molecule has 0 fully saturated rings. The number of amides is 1. The zero-order valence-corrected chi connectivity index (χ0v) is 18.0. The highest BCUT2D eigenvalue weighted by atomic mass is 32.2. The summed E-state index contributed by atoms with van der Waals surface area (Å²) in [4.78, 5) is 13.0. The van der Waals surface area contributed by atoms with E-state index in [4.69, 9.17) is 0 Å². The number of anilines is 1. The van der Waals surface area contributed by atoms with Crippen molar-refractivity contribution in [1.82, 2.24) is 0 Å². The van der Waals surface area contributed by atoms with Crippen LogP contribution in [-0.2, 0) is 21.0 Å². The van der Waals surface area contributed by atoms with Crippen molar-refractivity contribution in [2.45, 2.75) is 36.8 Å². The molecular formula is C24H25NO4S. The highest BCUT2D eigenvalue weighted by molar-refractivity contribution is 7.90. The van der Waals surface area contributed by atoms with Gasteiger partial charge in [0.05, 0.1) is 16.3 Å². The molecule has 3 rings (SSSR count). The number of aromatic hydroxyl groups is 1. The van der Waals surface area contributed by atoms with Gasteiger partial charge in [-0.2, -0.15) is 0 Å². The van der Waals surface area contributed by atoms with E-state index in [1.807, 2.05) is 26.8 Å². The smallest absolute Gasteiger partial charge is 0.255 e. The summed E-state index contributed by atoms with van der Waals surface area (Å²) >= 11 is 0. The standard InChI is InChI=1S/C24H25NO4S/c1-24(2,3)19-12-13-22(26)21(15-19)25-23(27)18-9-7-8-17(14-18)16-30(28,29)20-10-5-4-6-11-20/h4-15,26H,16H2,1-3H3,(H,25,27). The Kier molecular flexibility index (Phi) is 5.99. The van der Waals surface area contributed by atoms with Crippen molar-refractivity contribution < 1.29 is 18.3 Å². The summed E-state index contributed by atoms with van der Waals surface area (Å²) < 4.78 is 25.2. The molecule has 30 heavy (non-hydrogen) atoms. The molecule has 156 valence electrons. The van der Waals surface area contributed by atoms with E-state index in [-0.39, 0.29) is 21.8 Å². The number of rotatable bonds is 5. The van der Waals surface area contributed by atoms with Crippen LogP contribution in [-0.4, -0.2) is 19.4 Å². The molecule has 0 aliphatic rings. The lowest BCUT2D eigenvalue weighted by Gasteiger charge is -2.20. The largest absolute Gasteiger partial charge is 0.506 e. The molecular weight excluding hydrogens is 398 g/mol. The van der Waals surface area contributed by atoms with E-state index >= 15 is 0 Å². The van der Waals surface area contributed by atoms with Crippen LogP contribution in [0.2, 0.25) is 0 Å². The normalized spacial score (nSPS) is 11.8. The number of hydrogen-bond acceptors (Lipinski definition) is 4. The van der Waals surface area contributed by atoms with Crippen molar-refractivity contribution >= 4 is 21.4 Å². The molecule has 0 saturated carbocycles. The molecule has 0 aliphatic carbocycles. The Bertz CT molecular complexity index is 1160. The number of carbonyl (C=O) groups excluding carboxylic acids is 1. The van der Waals surface area contributed by atoms with Gasteiger partial charge in [0.1, 0.15) is 5.75 Å². The fourth-order valence-electron chi connectivity index (χ4n) is 3.03. The van der Waals surface area contributed by atoms with Crippen molar-refractivity contribution in [3.63, 3.8) is 0 Å². The van der Waals surface area contributed by atoms with Crippen molar-refractivity contribution in [3.05, 3.63) is 89.5 Å². The summed E-state index contributed by atoms with van der Waals surface area (Å²) in [5, 5.41) is 12.9. The first kappa shape index (κ1) is 21.6. The van der Waals surface area contributed by atoms with Gasteiger partial charge < -0.3 is 10.4 Å². The molecule has 3 aromatic rings. The first-order chi connectivity index (χ1) is 14.1. The maximum absolute atomic E-state index is 12.7. The molecule has 0 heterocycles. The third-order valence-electron chi connectivity index (χ3n) is 4.76. The molecule has 0 atom stereocenters. The Morgan fingerprint density at radius 2 is 1.63 bits per heavy atom. The minimum atomic E-state index is -3.52. The zero-order chi connectivity index (χ0) is 21.9. The molecule has 1 amide bonds. The fraction of sp³-hybridized carbons (Fsp3) is 0.208. The number of carbonyl (C=O) groups is 1. The summed E-state index contributed by atoms with van der Waals surface area (Å²) in [6.45, 7) is 6.13. The van der Waals surface area contributed by atoms with Crippen LogP contribution in [0.25, 0.3) is 0 Å². The van der Waals surface area contributed by atoms with E-state index in [0.717, 1.165) is 5.56 Å². The lowest BCUT2D eigenvalue weighted by atomic mass is 9.87. The molecule has 0 spiro atoms. The predicted molar refractivity (Wildman–Crippen MR) is 119 cm³/mol. The molecule has 0 bridgehead atoms. The van der Waals surface area contributed by atoms with Crippen molar-refractivity contribution in [3.8, 4) is 5.75 Å². The van der Waals surface area contributed by atoms with Crippen LogP contribution >= 0.6 is 0 Å². The van der Waals surface area contributed by atoms with Crippen LogP contribution in [0, 0.1) is 0 Å². The van der Waals surface area contributed by atoms with Gasteiger partial charge in [0.25, 0.3) is 5.91 Å².